The summed E-state index contributed by atoms with van der Waals surface area (Å²) in [7, 11) is 0. The van der Waals surface area contributed by atoms with E-state index in [2.05, 4.69) is 4.99 Å². The largest absolute Gasteiger partial charge is 0.394 e. The summed E-state index contributed by atoms with van der Waals surface area (Å²) in [6, 6.07) is 9.05. The average Bonchev–Trinajstić information content (AvgIpc) is 2.26. The number of aliphatic hydroxyl groups excluding tert-OH is 3. The monoisotopic (exact) mass is 195 g/mol. The highest BCUT2D eigenvalue weighted by atomic mass is 16.4. The highest BCUT2D eigenvalue weighted by Crippen LogP contribution is 2.08. The van der Waals surface area contributed by atoms with Gasteiger partial charge in [-0.3, -0.25) is 4.99 Å². The van der Waals surface area contributed by atoms with Gasteiger partial charge in [0.2, 0.25) is 0 Å². The Kier molecular flexibility index (Phi) is 4.25. The summed E-state index contributed by atoms with van der Waals surface area (Å²) < 4.78 is 0. The van der Waals surface area contributed by atoms with Gasteiger partial charge in [-0.15, -0.1) is 0 Å². The van der Waals surface area contributed by atoms with E-state index in [9.17, 15) is 5.11 Å². The van der Waals surface area contributed by atoms with Crippen molar-refractivity contribution in [1.29, 1.82) is 0 Å². The van der Waals surface area contributed by atoms with Gasteiger partial charge in [0, 0.05) is 6.21 Å². The van der Waals surface area contributed by atoms with Gasteiger partial charge in [-0.1, -0.05) is 18.2 Å². The second-order valence-electron chi connectivity index (χ2n) is 2.85. The van der Waals surface area contributed by atoms with E-state index >= 15 is 0 Å². The maximum Gasteiger partial charge on any atom is 0.117 e. The minimum atomic E-state index is -1.18. The molecule has 0 aliphatic heterocycles. The van der Waals surface area contributed by atoms with E-state index in [0.29, 0.717) is 5.69 Å². The van der Waals surface area contributed by atoms with Crippen molar-refractivity contribution in [2.24, 2.45) is 4.99 Å². The molecular weight excluding hydrogens is 182 g/mol. The van der Waals surface area contributed by atoms with E-state index in [1.807, 2.05) is 18.2 Å². The van der Waals surface area contributed by atoms with Crippen LogP contribution in [0.25, 0.3) is 0 Å². The third-order valence-corrected chi connectivity index (χ3v) is 1.71. The minimum Gasteiger partial charge on any atom is -0.394 e. The molecule has 0 aliphatic rings. The van der Waals surface area contributed by atoms with Crippen LogP contribution in [0.2, 0.25) is 0 Å². The number of benzene rings is 1. The third-order valence-electron chi connectivity index (χ3n) is 1.71. The summed E-state index contributed by atoms with van der Waals surface area (Å²) in [5.41, 5.74) is 0.691. The summed E-state index contributed by atoms with van der Waals surface area (Å²) in [6.07, 6.45) is -1.11. The first-order chi connectivity index (χ1) is 6.74. The fourth-order valence-corrected chi connectivity index (χ4v) is 0.884. The van der Waals surface area contributed by atoms with Crippen LogP contribution in [0.15, 0.2) is 35.3 Å². The summed E-state index contributed by atoms with van der Waals surface area (Å²) in [4.78, 5) is 3.93. The Morgan fingerprint density at radius 3 is 2.43 bits per heavy atom. The van der Waals surface area contributed by atoms with Crippen LogP contribution in [0.3, 0.4) is 0 Å². The van der Waals surface area contributed by atoms with Crippen molar-refractivity contribution in [3.05, 3.63) is 30.3 Å². The van der Waals surface area contributed by atoms with Crippen molar-refractivity contribution >= 4 is 11.9 Å². The molecule has 0 fully saturated rings. The van der Waals surface area contributed by atoms with Crippen LogP contribution in [0, 0.1) is 0 Å². The van der Waals surface area contributed by atoms with E-state index in [1.54, 1.807) is 12.1 Å². The summed E-state index contributed by atoms with van der Waals surface area (Å²) in [5.74, 6) is 0. The molecule has 1 rings (SSSR count). The lowest BCUT2D eigenvalue weighted by Crippen LogP contribution is -2.30. The zero-order chi connectivity index (χ0) is 10.4. The van der Waals surface area contributed by atoms with E-state index < -0.39 is 18.8 Å². The lowest BCUT2D eigenvalue weighted by molar-refractivity contribution is 0.0205. The first-order valence-electron chi connectivity index (χ1n) is 4.30. The molecule has 2 atom stereocenters. The van der Waals surface area contributed by atoms with Crippen LogP contribution in [-0.2, 0) is 0 Å². The van der Waals surface area contributed by atoms with Gasteiger partial charge in [-0.05, 0) is 12.1 Å². The van der Waals surface area contributed by atoms with Gasteiger partial charge in [0.25, 0.3) is 0 Å². The van der Waals surface area contributed by atoms with Gasteiger partial charge >= 0.3 is 0 Å². The first-order valence-corrected chi connectivity index (χ1v) is 4.30. The molecule has 4 nitrogen and oxygen atoms in total. The Bertz CT molecular complexity index is 287. The van der Waals surface area contributed by atoms with Crippen molar-refractivity contribution in [2.75, 3.05) is 6.61 Å². The van der Waals surface area contributed by atoms with Crippen LogP contribution in [0.5, 0.6) is 0 Å². The smallest absolute Gasteiger partial charge is 0.117 e. The predicted octanol–water partition coefficient (Wildman–Crippen LogP) is 0.103. The van der Waals surface area contributed by atoms with Gasteiger partial charge in [0.1, 0.15) is 12.2 Å². The zero-order valence-corrected chi connectivity index (χ0v) is 7.61. The molecule has 0 saturated heterocycles. The Balaban J connectivity index is 2.56. The van der Waals surface area contributed by atoms with Gasteiger partial charge < -0.3 is 15.3 Å². The standard InChI is InChI=1S/C10H13NO3/c12-7-10(14)9(13)6-11-8-4-2-1-3-5-8/h1-6,9-10,12-14H,7H2/t9-,10-/m0/s1. The highest BCUT2D eigenvalue weighted by molar-refractivity contribution is 5.68. The van der Waals surface area contributed by atoms with E-state index in [0.717, 1.165) is 0 Å². The Morgan fingerprint density at radius 1 is 1.21 bits per heavy atom. The Morgan fingerprint density at radius 2 is 1.86 bits per heavy atom. The number of aliphatic imine (C=N–C) groups is 1. The molecule has 0 spiro atoms. The van der Waals surface area contributed by atoms with E-state index in [1.165, 1.54) is 6.21 Å². The molecule has 0 amide bonds. The Labute approximate surface area is 82.2 Å². The number of hydrogen-bond acceptors (Lipinski definition) is 4. The van der Waals surface area contributed by atoms with E-state index in [4.69, 9.17) is 10.2 Å². The van der Waals surface area contributed by atoms with Crippen LogP contribution in [0.1, 0.15) is 0 Å². The molecular formula is C10H13NO3. The zero-order valence-electron chi connectivity index (χ0n) is 7.61. The van der Waals surface area contributed by atoms with Crippen molar-refractivity contribution < 1.29 is 15.3 Å². The van der Waals surface area contributed by atoms with Gasteiger partial charge in [-0.2, -0.15) is 0 Å². The summed E-state index contributed by atoms with van der Waals surface area (Å²) in [6.45, 7) is -0.484. The third kappa shape index (κ3) is 3.26. The topological polar surface area (TPSA) is 73.0 Å². The van der Waals surface area contributed by atoms with Gasteiger partial charge in [0.05, 0.1) is 12.3 Å². The minimum absolute atomic E-state index is 0.484. The lowest BCUT2D eigenvalue weighted by atomic mass is 10.2. The molecule has 3 N–H and O–H groups in total. The molecule has 76 valence electrons. The fraction of sp³-hybridized carbons (Fsp3) is 0.300. The molecule has 1 aromatic rings. The summed E-state index contributed by atoms with van der Waals surface area (Å²) >= 11 is 0. The normalized spacial score (nSPS) is 15.6. The number of hydrogen-bond donors (Lipinski definition) is 3. The maximum absolute atomic E-state index is 9.22. The van der Waals surface area contributed by atoms with Gasteiger partial charge in [-0.25, -0.2) is 0 Å². The van der Waals surface area contributed by atoms with Crippen molar-refractivity contribution in [1.82, 2.24) is 0 Å². The van der Waals surface area contributed by atoms with Crippen molar-refractivity contribution in [3.63, 3.8) is 0 Å². The van der Waals surface area contributed by atoms with E-state index in [-0.39, 0.29) is 0 Å². The SMILES string of the molecule is OC[C@H](O)[C@@H](O)C=Nc1ccccc1. The predicted molar refractivity (Wildman–Crippen MR) is 53.7 cm³/mol. The lowest BCUT2D eigenvalue weighted by Gasteiger charge is -2.09. The molecule has 0 radical (unpaired) electrons. The average molecular weight is 195 g/mol. The molecule has 0 saturated carbocycles. The maximum atomic E-state index is 9.22. The molecule has 14 heavy (non-hydrogen) atoms. The molecule has 0 aliphatic carbocycles. The molecule has 0 heterocycles. The number of rotatable bonds is 4. The molecule has 1 aromatic carbocycles. The first kappa shape index (κ1) is 10.8. The van der Waals surface area contributed by atoms with Crippen molar-refractivity contribution in [2.45, 2.75) is 12.2 Å². The molecule has 4 heteroatoms. The quantitative estimate of drug-likeness (QED) is 0.597. The van der Waals surface area contributed by atoms with Crippen LogP contribution in [0.4, 0.5) is 5.69 Å². The fourth-order valence-electron chi connectivity index (χ4n) is 0.884. The van der Waals surface area contributed by atoms with Crippen LogP contribution < -0.4 is 0 Å². The van der Waals surface area contributed by atoms with Crippen LogP contribution >= 0.6 is 0 Å². The summed E-state index contributed by atoms with van der Waals surface area (Å²) in [5, 5.41) is 26.8. The number of nitrogens with zero attached hydrogens (tertiary/aromatic N) is 1. The second-order valence-corrected chi connectivity index (χ2v) is 2.85. The van der Waals surface area contributed by atoms with Crippen LogP contribution in [-0.4, -0.2) is 40.3 Å². The molecule has 0 unspecified atom stereocenters. The number of aliphatic hydroxyl groups is 3. The Hall–Kier alpha value is -1.23. The number of para-hydroxylation sites is 1. The van der Waals surface area contributed by atoms with Crippen molar-refractivity contribution in [3.8, 4) is 0 Å². The molecule has 0 aromatic heterocycles. The second kappa shape index (κ2) is 5.49. The highest BCUT2D eigenvalue weighted by Gasteiger charge is 2.11. The molecule has 0 bridgehead atoms. The van der Waals surface area contributed by atoms with Gasteiger partial charge in [0.15, 0.2) is 0 Å².